The highest BCUT2D eigenvalue weighted by Crippen LogP contribution is 2.16. The molecule has 14 heteroatoms. The van der Waals surface area contributed by atoms with E-state index >= 15 is 0 Å². The van der Waals surface area contributed by atoms with Crippen molar-refractivity contribution in [1.82, 2.24) is 10.6 Å². The van der Waals surface area contributed by atoms with Gasteiger partial charge in [0.25, 0.3) is 0 Å². The van der Waals surface area contributed by atoms with E-state index < -0.39 is 0 Å². The first-order chi connectivity index (χ1) is 21.4. The van der Waals surface area contributed by atoms with E-state index in [-0.39, 0.29) is 36.9 Å². The Bertz CT molecular complexity index is 1280. The van der Waals surface area contributed by atoms with Crippen molar-refractivity contribution in [2.24, 2.45) is 9.98 Å². The third-order valence-electron chi connectivity index (χ3n) is 6.32. The Balaban J connectivity index is 0.00000529. The van der Waals surface area contributed by atoms with E-state index in [9.17, 15) is 9.59 Å². The van der Waals surface area contributed by atoms with E-state index in [1.54, 1.807) is 52.6 Å². The fraction of sp³-hybridized carbons (Fsp3) is 0.312. The highest BCUT2D eigenvalue weighted by Gasteiger charge is 2.08. The topological polar surface area (TPSA) is 150 Å². The molecule has 0 aromatic heterocycles. The molecular weight excluding hydrogens is 631 g/mol. The first-order valence-corrected chi connectivity index (χ1v) is 14.3. The lowest BCUT2D eigenvalue weighted by Gasteiger charge is -2.12. The van der Waals surface area contributed by atoms with Gasteiger partial charge in [0.05, 0.1) is 0 Å². The van der Waals surface area contributed by atoms with Gasteiger partial charge in [-0.2, -0.15) is 0 Å². The minimum atomic E-state index is -0.386. The molecule has 250 valence electrons. The zero-order valence-electron chi connectivity index (χ0n) is 26.5. The maximum Gasteiger partial charge on any atom is 0.323 e. The molecule has 46 heavy (non-hydrogen) atoms. The highest BCUT2D eigenvalue weighted by atomic mass is 35.5. The van der Waals surface area contributed by atoms with Crippen LogP contribution in [0.15, 0.2) is 82.8 Å². The molecule has 0 aliphatic rings. The number of ether oxygens (including phenoxy) is 2. The van der Waals surface area contributed by atoms with E-state index in [2.05, 4.69) is 41.9 Å². The molecule has 3 aromatic carbocycles. The molecule has 0 fully saturated rings. The lowest BCUT2D eigenvalue weighted by molar-refractivity contribution is 0.195. The summed E-state index contributed by atoms with van der Waals surface area (Å²) in [6, 6.07) is 20.9. The Morgan fingerprint density at radius 1 is 0.543 bits per heavy atom. The van der Waals surface area contributed by atoms with E-state index in [4.69, 9.17) is 9.47 Å². The lowest BCUT2D eigenvalue weighted by Crippen LogP contribution is -2.26. The number of amides is 4. The number of anilines is 4. The summed E-state index contributed by atoms with van der Waals surface area (Å²) in [5.41, 5.74) is 4.26. The number of nitrogens with zero attached hydrogens (tertiary/aromatic N) is 2. The molecule has 3 aromatic rings. The van der Waals surface area contributed by atoms with Crippen molar-refractivity contribution >= 4 is 71.3 Å². The molecule has 0 spiro atoms. The predicted octanol–water partition coefficient (Wildman–Crippen LogP) is 5.82. The molecule has 0 saturated heterocycles. The number of hydrogen-bond donors (Lipinski definition) is 6. The van der Waals surface area contributed by atoms with Crippen LogP contribution in [0, 0.1) is 0 Å². The van der Waals surface area contributed by atoms with Gasteiger partial charge in [-0.3, -0.25) is 9.98 Å². The smallest absolute Gasteiger partial charge is 0.323 e. The number of halogens is 2. The van der Waals surface area contributed by atoms with E-state index in [0.717, 1.165) is 48.7 Å². The number of aliphatic imine (C=N–C) groups is 2. The van der Waals surface area contributed by atoms with Crippen LogP contribution >= 0.6 is 24.8 Å². The molecule has 0 radical (unpaired) electrons. The third kappa shape index (κ3) is 13.7. The molecule has 0 aliphatic carbocycles. The number of benzene rings is 3. The van der Waals surface area contributed by atoms with Gasteiger partial charge in [-0.25, -0.2) is 9.59 Å². The standard InChI is InChI=1S/C32H42N8O4.2ClH/c1-33-29(35-19-5-21-43-3)23-7-11-25(12-8-23)37-31(41)39-27-15-17-28(18-16-27)40-32(42)38-26-13-9-24(10-14-26)30(34-2)36-20-6-22-44-4;;/h7-18H,5-6,19-22H2,1-4H3,(H,33,35)(H,34,36)(H2,37,39,41)(H2,38,40,42);2*1H. The number of rotatable bonds is 14. The minimum absolute atomic E-state index is 0. The quantitative estimate of drug-likeness (QED) is 0.0721. The average molecular weight is 676 g/mol. The molecule has 0 unspecified atom stereocenters. The summed E-state index contributed by atoms with van der Waals surface area (Å²) < 4.78 is 10.1. The molecule has 0 aliphatic heterocycles. The summed E-state index contributed by atoms with van der Waals surface area (Å²) in [6.07, 6.45) is 1.75. The van der Waals surface area contributed by atoms with Gasteiger partial charge >= 0.3 is 12.1 Å². The number of carbonyl (C=O) groups is 2. The van der Waals surface area contributed by atoms with Gasteiger partial charge in [-0.15, -0.1) is 24.8 Å². The second-order valence-corrected chi connectivity index (χ2v) is 9.58. The van der Waals surface area contributed by atoms with Gasteiger partial charge in [-0.05, 0) is 85.6 Å². The first kappa shape index (κ1) is 39.7. The maximum atomic E-state index is 12.5. The van der Waals surface area contributed by atoms with E-state index in [1.165, 1.54) is 0 Å². The monoisotopic (exact) mass is 674 g/mol. The van der Waals surface area contributed by atoms with Crippen LogP contribution in [-0.4, -0.2) is 78.4 Å². The van der Waals surface area contributed by atoms with Crippen molar-refractivity contribution in [2.75, 3.05) is 75.9 Å². The van der Waals surface area contributed by atoms with Crippen LogP contribution < -0.4 is 31.9 Å². The first-order valence-electron chi connectivity index (χ1n) is 14.3. The molecule has 0 atom stereocenters. The van der Waals surface area contributed by atoms with Crippen molar-refractivity contribution in [1.29, 1.82) is 0 Å². The van der Waals surface area contributed by atoms with Crippen LogP contribution in [0.2, 0.25) is 0 Å². The van der Waals surface area contributed by atoms with Gasteiger partial charge < -0.3 is 41.4 Å². The molecular formula is C32H44Cl2N8O4. The van der Waals surface area contributed by atoms with E-state index in [1.807, 2.05) is 48.5 Å². The van der Waals surface area contributed by atoms with Gasteiger partial charge in [0.1, 0.15) is 11.7 Å². The van der Waals surface area contributed by atoms with Crippen LogP contribution in [0.1, 0.15) is 24.0 Å². The van der Waals surface area contributed by atoms with Gasteiger partial charge in [0.15, 0.2) is 0 Å². The van der Waals surface area contributed by atoms with Crippen molar-refractivity contribution in [3.05, 3.63) is 83.9 Å². The molecule has 0 heterocycles. The molecule has 0 bridgehead atoms. The number of amidine groups is 2. The van der Waals surface area contributed by atoms with Crippen molar-refractivity contribution in [3.63, 3.8) is 0 Å². The summed E-state index contributed by atoms with van der Waals surface area (Å²) in [4.78, 5) is 33.6. The zero-order valence-corrected chi connectivity index (χ0v) is 28.1. The van der Waals surface area contributed by atoms with Crippen LogP contribution in [-0.2, 0) is 9.47 Å². The van der Waals surface area contributed by atoms with Crippen LogP contribution in [0.3, 0.4) is 0 Å². The second-order valence-electron chi connectivity index (χ2n) is 9.58. The predicted molar refractivity (Wildman–Crippen MR) is 193 cm³/mol. The number of methoxy groups -OCH3 is 2. The van der Waals surface area contributed by atoms with Crippen molar-refractivity contribution in [2.45, 2.75) is 12.8 Å². The number of nitrogens with one attached hydrogen (secondary N) is 6. The van der Waals surface area contributed by atoms with Crippen molar-refractivity contribution < 1.29 is 19.1 Å². The largest absolute Gasteiger partial charge is 0.385 e. The molecule has 4 amide bonds. The van der Waals surface area contributed by atoms with E-state index in [0.29, 0.717) is 36.0 Å². The average Bonchev–Trinajstić information content (AvgIpc) is 3.03. The van der Waals surface area contributed by atoms with Gasteiger partial charge in [0, 0.05) is 88.5 Å². The summed E-state index contributed by atoms with van der Waals surface area (Å²) in [7, 11) is 6.81. The SMILES string of the molecule is CN=C(NCCCOC)c1ccc(NC(=O)Nc2ccc(NC(=O)Nc3ccc(C(=NC)NCCCOC)cc3)cc2)cc1.Cl.Cl. The highest BCUT2D eigenvalue weighted by molar-refractivity contribution is 6.03. The Hall–Kier alpha value is -4.36. The zero-order chi connectivity index (χ0) is 31.6. The molecule has 6 N–H and O–H groups in total. The minimum Gasteiger partial charge on any atom is -0.385 e. The fourth-order valence-electron chi connectivity index (χ4n) is 4.11. The molecule has 12 nitrogen and oxygen atoms in total. The normalized spacial score (nSPS) is 11.0. The Labute approximate surface area is 283 Å². The second kappa shape index (κ2) is 22.2. The van der Waals surface area contributed by atoms with Crippen LogP contribution in [0.4, 0.5) is 32.3 Å². The lowest BCUT2D eigenvalue weighted by atomic mass is 10.2. The van der Waals surface area contributed by atoms with Crippen molar-refractivity contribution in [3.8, 4) is 0 Å². The summed E-state index contributed by atoms with van der Waals surface area (Å²) in [6.45, 7) is 2.86. The molecule has 3 rings (SSSR count). The van der Waals surface area contributed by atoms with Gasteiger partial charge in [0.2, 0.25) is 0 Å². The summed E-state index contributed by atoms with van der Waals surface area (Å²) in [5, 5.41) is 17.8. The Morgan fingerprint density at radius 3 is 1.09 bits per heavy atom. The van der Waals surface area contributed by atoms with Crippen LogP contribution in [0.5, 0.6) is 0 Å². The van der Waals surface area contributed by atoms with Crippen LogP contribution in [0.25, 0.3) is 0 Å². The Morgan fingerprint density at radius 2 is 0.826 bits per heavy atom. The number of carbonyl (C=O) groups excluding carboxylic acids is 2. The third-order valence-corrected chi connectivity index (χ3v) is 6.32. The summed E-state index contributed by atoms with van der Waals surface area (Å²) >= 11 is 0. The Kier molecular flexibility index (Phi) is 19.1. The summed E-state index contributed by atoms with van der Waals surface area (Å²) in [5.74, 6) is 1.55. The number of hydrogen-bond acceptors (Lipinski definition) is 6. The fourth-order valence-corrected chi connectivity index (χ4v) is 4.11. The number of urea groups is 2. The maximum absolute atomic E-state index is 12.5. The molecule has 0 saturated carbocycles. The van der Waals surface area contributed by atoms with Gasteiger partial charge in [-0.1, -0.05) is 0 Å².